The van der Waals surface area contributed by atoms with Gasteiger partial charge in [0.15, 0.2) is 5.82 Å². The zero-order valence-electron chi connectivity index (χ0n) is 10.6. The zero-order chi connectivity index (χ0) is 12.3. The molecule has 0 saturated carbocycles. The van der Waals surface area contributed by atoms with Gasteiger partial charge >= 0.3 is 0 Å². The van der Waals surface area contributed by atoms with E-state index in [1.807, 2.05) is 34.6 Å². The standard InChI is InChI=1S/C11H20N4O/c1-6-16-11(4,5)9-13-8(7(2)3)14-10(12)15-9/h7H,6H2,1-5H3,(H2,12,13,14,15). The first kappa shape index (κ1) is 12.8. The van der Waals surface area contributed by atoms with Gasteiger partial charge in [-0.2, -0.15) is 9.97 Å². The van der Waals surface area contributed by atoms with Gasteiger partial charge in [-0.15, -0.1) is 0 Å². The third-order valence-electron chi connectivity index (χ3n) is 2.23. The van der Waals surface area contributed by atoms with Gasteiger partial charge < -0.3 is 10.5 Å². The molecule has 1 aromatic heterocycles. The molecule has 2 N–H and O–H groups in total. The highest BCUT2D eigenvalue weighted by Gasteiger charge is 2.25. The van der Waals surface area contributed by atoms with Gasteiger partial charge in [0.05, 0.1) is 0 Å². The second-order valence-electron chi connectivity index (χ2n) is 4.47. The minimum Gasteiger partial charge on any atom is -0.368 e. The van der Waals surface area contributed by atoms with E-state index < -0.39 is 5.60 Å². The molecule has 1 heterocycles. The summed E-state index contributed by atoms with van der Waals surface area (Å²) in [6.07, 6.45) is 0. The number of nitrogens with two attached hydrogens (primary N) is 1. The summed E-state index contributed by atoms with van der Waals surface area (Å²) in [6, 6.07) is 0. The Labute approximate surface area is 96.5 Å². The SMILES string of the molecule is CCOC(C)(C)c1nc(N)nc(C(C)C)n1. The van der Waals surface area contributed by atoms with E-state index in [4.69, 9.17) is 10.5 Å². The third kappa shape index (κ3) is 2.88. The second kappa shape index (κ2) is 4.74. The van der Waals surface area contributed by atoms with Crippen LogP contribution in [0.4, 0.5) is 5.95 Å². The summed E-state index contributed by atoms with van der Waals surface area (Å²) in [5, 5.41) is 0. The molecule has 0 aliphatic heterocycles. The van der Waals surface area contributed by atoms with E-state index in [0.29, 0.717) is 18.3 Å². The molecular formula is C11H20N4O. The maximum atomic E-state index is 5.67. The molecule has 0 bridgehead atoms. The van der Waals surface area contributed by atoms with Crippen LogP contribution >= 0.6 is 0 Å². The van der Waals surface area contributed by atoms with Crippen molar-refractivity contribution < 1.29 is 4.74 Å². The van der Waals surface area contributed by atoms with Gasteiger partial charge in [0.1, 0.15) is 11.4 Å². The molecule has 90 valence electrons. The van der Waals surface area contributed by atoms with Crippen LogP contribution in [0.15, 0.2) is 0 Å². The third-order valence-corrected chi connectivity index (χ3v) is 2.23. The molecule has 0 saturated heterocycles. The van der Waals surface area contributed by atoms with Crippen LogP contribution in [0.2, 0.25) is 0 Å². The number of hydrogen-bond acceptors (Lipinski definition) is 5. The Balaban J connectivity index is 3.13. The highest BCUT2D eigenvalue weighted by Crippen LogP contribution is 2.22. The molecule has 0 aromatic carbocycles. The first-order valence-electron chi connectivity index (χ1n) is 5.52. The highest BCUT2D eigenvalue weighted by molar-refractivity contribution is 5.19. The quantitative estimate of drug-likeness (QED) is 0.844. The number of nitrogens with zero attached hydrogens (tertiary/aromatic N) is 3. The Morgan fingerprint density at radius 3 is 2.38 bits per heavy atom. The number of anilines is 1. The van der Waals surface area contributed by atoms with E-state index in [1.54, 1.807) is 0 Å². The van der Waals surface area contributed by atoms with Crippen molar-refractivity contribution in [3.8, 4) is 0 Å². The van der Waals surface area contributed by atoms with Gasteiger partial charge in [0.2, 0.25) is 5.95 Å². The van der Waals surface area contributed by atoms with Gasteiger partial charge in [0, 0.05) is 12.5 Å². The van der Waals surface area contributed by atoms with Crippen molar-refractivity contribution in [3.05, 3.63) is 11.6 Å². The normalized spacial score (nSPS) is 12.1. The Kier molecular flexibility index (Phi) is 3.80. The molecule has 0 radical (unpaired) electrons. The summed E-state index contributed by atoms with van der Waals surface area (Å²) in [6.45, 7) is 10.4. The van der Waals surface area contributed by atoms with Gasteiger partial charge in [0.25, 0.3) is 0 Å². The fraction of sp³-hybridized carbons (Fsp3) is 0.727. The maximum Gasteiger partial charge on any atom is 0.223 e. The fourth-order valence-electron chi connectivity index (χ4n) is 1.36. The van der Waals surface area contributed by atoms with Gasteiger partial charge in [-0.1, -0.05) is 13.8 Å². The monoisotopic (exact) mass is 224 g/mol. The first-order chi connectivity index (χ1) is 7.36. The lowest BCUT2D eigenvalue weighted by Crippen LogP contribution is -2.26. The lowest BCUT2D eigenvalue weighted by Gasteiger charge is -2.23. The fourth-order valence-corrected chi connectivity index (χ4v) is 1.36. The highest BCUT2D eigenvalue weighted by atomic mass is 16.5. The summed E-state index contributed by atoms with van der Waals surface area (Å²) in [5.41, 5.74) is 5.14. The van der Waals surface area contributed by atoms with E-state index >= 15 is 0 Å². The predicted octanol–water partition coefficient (Wildman–Crippen LogP) is 1.85. The van der Waals surface area contributed by atoms with Crippen LogP contribution in [0.1, 0.15) is 52.2 Å². The molecule has 0 unspecified atom stereocenters. The molecule has 0 aliphatic rings. The van der Waals surface area contributed by atoms with E-state index in [1.165, 1.54) is 0 Å². The Hall–Kier alpha value is -1.23. The van der Waals surface area contributed by atoms with Gasteiger partial charge in [-0.05, 0) is 20.8 Å². The first-order valence-corrected chi connectivity index (χ1v) is 5.52. The van der Waals surface area contributed by atoms with Crippen molar-refractivity contribution in [2.45, 2.75) is 46.1 Å². The van der Waals surface area contributed by atoms with Crippen LogP contribution in [-0.4, -0.2) is 21.6 Å². The average molecular weight is 224 g/mol. The Morgan fingerprint density at radius 1 is 1.25 bits per heavy atom. The van der Waals surface area contributed by atoms with Crippen LogP contribution in [0.3, 0.4) is 0 Å². The molecule has 0 aliphatic carbocycles. The van der Waals surface area contributed by atoms with Gasteiger partial charge in [-0.3, -0.25) is 0 Å². The lowest BCUT2D eigenvalue weighted by molar-refractivity contribution is -0.0210. The lowest BCUT2D eigenvalue weighted by atomic mass is 10.1. The summed E-state index contributed by atoms with van der Waals surface area (Å²) in [5.74, 6) is 1.77. The van der Waals surface area contributed by atoms with Crippen LogP contribution in [0.5, 0.6) is 0 Å². The summed E-state index contributed by atoms with van der Waals surface area (Å²) >= 11 is 0. The van der Waals surface area contributed by atoms with Gasteiger partial charge in [-0.25, -0.2) is 4.98 Å². The number of nitrogen functional groups attached to an aromatic ring is 1. The van der Waals surface area contributed by atoms with Crippen molar-refractivity contribution in [1.29, 1.82) is 0 Å². The summed E-state index contributed by atoms with van der Waals surface area (Å²) in [7, 11) is 0. The van der Waals surface area contributed by atoms with Crippen molar-refractivity contribution in [3.63, 3.8) is 0 Å². The van der Waals surface area contributed by atoms with E-state index in [-0.39, 0.29) is 11.9 Å². The smallest absolute Gasteiger partial charge is 0.223 e. The number of aromatic nitrogens is 3. The maximum absolute atomic E-state index is 5.67. The topological polar surface area (TPSA) is 73.9 Å². The molecular weight excluding hydrogens is 204 g/mol. The largest absolute Gasteiger partial charge is 0.368 e. The molecule has 16 heavy (non-hydrogen) atoms. The minimum atomic E-state index is -0.532. The van der Waals surface area contributed by atoms with Crippen molar-refractivity contribution in [2.75, 3.05) is 12.3 Å². The number of ether oxygens (including phenoxy) is 1. The molecule has 1 rings (SSSR count). The van der Waals surface area contributed by atoms with Crippen LogP contribution in [-0.2, 0) is 10.3 Å². The predicted molar refractivity (Wildman–Crippen MR) is 63.0 cm³/mol. The molecule has 5 nitrogen and oxygen atoms in total. The molecule has 5 heteroatoms. The number of hydrogen-bond donors (Lipinski definition) is 1. The van der Waals surface area contributed by atoms with Crippen molar-refractivity contribution in [2.24, 2.45) is 0 Å². The zero-order valence-corrected chi connectivity index (χ0v) is 10.6. The van der Waals surface area contributed by atoms with E-state index in [9.17, 15) is 0 Å². The summed E-state index contributed by atoms with van der Waals surface area (Å²) < 4.78 is 5.60. The average Bonchev–Trinajstić information content (AvgIpc) is 2.16. The number of rotatable bonds is 4. The molecule has 0 atom stereocenters. The molecule has 0 fully saturated rings. The van der Waals surface area contributed by atoms with Crippen LogP contribution in [0, 0.1) is 0 Å². The van der Waals surface area contributed by atoms with E-state index in [0.717, 1.165) is 0 Å². The van der Waals surface area contributed by atoms with E-state index in [2.05, 4.69) is 15.0 Å². The van der Waals surface area contributed by atoms with Crippen molar-refractivity contribution >= 4 is 5.95 Å². The molecule has 1 aromatic rings. The summed E-state index contributed by atoms with van der Waals surface area (Å²) in [4.78, 5) is 12.6. The second-order valence-corrected chi connectivity index (χ2v) is 4.47. The minimum absolute atomic E-state index is 0.224. The van der Waals surface area contributed by atoms with Crippen molar-refractivity contribution in [1.82, 2.24) is 15.0 Å². The van der Waals surface area contributed by atoms with Crippen LogP contribution < -0.4 is 5.73 Å². The Bertz CT molecular complexity index is 363. The Morgan fingerprint density at radius 2 is 1.88 bits per heavy atom. The molecule has 0 spiro atoms. The van der Waals surface area contributed by atoms with Crippen LogP contribution in [0.25, 0.3) is 0 Å². The molecule has 0 amide bonds.